The van der Waals surface area contributed by atoms with E-state index in [1.807, 2.05) is 18.2 Å². The molecule has 0 bridgehead atoms. The van der Waals surface area contributed by atoms with Crippen LogP contribution in [0.1, 0.15) is 40.0 Å². The van der Waals surface area contributed by atoms with Crippen LogP contribution < -0.4 is 0 Å². The predicted octanol–water partition coefficient (Wildman–Crippen LogP) is 4.53. The van der Waals surface area contributed by atoms with Crippen molar-refractivity contribution in [3.8, 4) is 11.4 Å². The van der Waals surface area contributed by atoms with Crippen LogP contribution in [-0.4, -0.2) is 14.8 Å². The van der Waals surface area contributed by atoms with Gasteiger partial charge < -0.3 is 0 Å². The number of rotatable bonds is 5. The van der Waals surface area contributed by atoms with Crippen LogP contribution in [0.5, 0.6) is 0 Å². The van der Waals surface area contributed by atoms with E-state index in [-0.39, 0.29) is 5.54 Å². The molecule has 0 aliphatic heterocycles. The summed E-state index contributed by atoms with van der Waals surface area (Å²) in [5.74, 6) is 0.941. The Morgan fingerprint density at radius 3 is 2.21 bits per heavy atom. The summed E-state index contributed by atoms with van der Waals surface area (Å²) < 4.78 is 2.92. The molecule has 1 N–H and O–H groups in total. The smallest absolute Gasteiger partial charge is 0.195 e. The van der Waals surface area contributed by atoms with Crippen LogP contribution >= 0.6 is 12.2 Å². The lowest BCUT2D eigenvalue weighted by atomic mass is 9.89. The van der Waals surface area contributed by atoms with Gasteiger partial charge in [-0.2, -0.15) is 5.10 Å². The predicted molar refractivity (Wildman–Crippen MR) is 81.7 cm³/mol. The minimum absolute atomic E-state index is 0.0509. The fraction of sp³-hybridized carbons (Fsp3) is 0.467. The molecule has 4 heteroatoms. The van der Waals surface area contributed by atoms with Gasteiger partial charge in [0.2, 0.25) is 0 Å². The van der Waals surface area contributed by atoms with E-state index in [0.29, 0.717) is 4.77 Å². The van der Waals surface area contributed by atoms with Gasteiger partial charge in [0.15, 0.2) is 10.6 Å². The lowest BCUT2D eigenvalue weighted by Crippen LogP contribution is -2.32. The van der Waals surface area contributed by atoms with Gasteiger partial charge in [0.05, 0.1) is 0 Å². The van der Waals surface area contributed by atoms with E-state index in [1.54, 1.807) is 0 Å². The van der Waals surface area contributed by atoms with Crippen molar-refractivity contribution < 1.29 is 0 Å². The van der Waals surface area contributed by atoms with Crippen LogP contribution in [0.3, 0.4) is 0 Å². The van der Waals surface area contributed by atoms with E-state index < -0.39 is 0 Å². The number of nitrogens with zero attached hydrogens (tertiary/aromatic N) is 2. The first-order valence-electron chi connectivity index (χ1n) is 6.91. The first kappa shape index (κ1) is 14.0. The maximum absolute atomic E-state index is 5.46. The van der Waals surface area contributed by atoms with E-state index in [2.05, 4.69) is 47.7 Å². The highest BCUT2D eigenvalue weighted by Crippen LogP contribution is 2.33. The second kappa shape index (κ2) is 5.70. The highest BCUT2D eigenvalue weighted by molar-refractivity contribution is 7.71. The fourth-order valence-electron chi connectivity index (χ4n) is 2.74. The van der Waals surface area contributed by atoms with Gasteiger partial charge in [-0.25, -0.2) is 0 Å². The molecule has 0 aliphatic rings. The lowest BCUT2D eigenvalue weighted by molar-refractivity contribution is 0.250. The molecule has 0 radical (unpaired) electrons. The van der Waals surface area contributed by atoms with Crippen molar-refractivity contribution in [1.82, 2.24) is 14.8 Å². The van der Waals surface area contributed by atoms with E-state index in [9.17, 15) is 0 Å². The Hall–Kier alpha value is -1.42. The molecule has 2 aromatic rings. The largest absolute Gasteiger partial charge is 0.294 e. The van der Waals surface area contributed by atoms with Crippen molar-refractivity contribution in [2.24, 2.45) is 0 Å². The Morgan fingerprint density at radius 2 is 1.68 bits per heavy atom. The Bertz CT molecular complexity index is 571. The number of aromatic nitrogens is 3. The highest BCUT2D eigenvalue weighted by Gasteiger charge is 2.30. The third-order valence-corrected chi connectivity index (χ3v) is 4.43. The zero-order valence-corrected chi connectivity index (χ0v) is 12.6. The monoisotopic (exact) mass is 275 g/mol. The summed E-state index contributed by atoms with van der Waals surface area (Å²) >= 11 is 5.46. The first-order chi connectivity index (χ1) is 9.18. The zero-order valence-electron chi connectivity index (χ0n) is 11.8. The molecule has 0 aliphatic carbocycles. The average Bonchev–Trinajstić information content (AvgIpc) is 2.85. The van der Waals surface area contributed by atoms with Crippen molar-refractivity contribution in [3.05, 3.63) is 35.1 Å². The number of hydrogen-bond donors (Lipinski definition) is 1. The lowest BCUT2D eigenvalue weighted by Gasteiger charge is -2.33. The molecule has 0 saturated heterocycles. The molecule has 1 aromatic heterocycles. The molecule has 0 spiro atoms. The Morgan fingerprint density at radius 1 is 1.11 bits per heavy atom. The maximum Gasteiger partial charge on any atom is 0.195 e. The summed E-state index contributed by atoms with van der Waals surface area (Å²) in [5, 5.41) is 7.40. The molecule has 0 unspecified atom stereocenters. The molecule has 0 saturated carbocycles. The van der Waals surface area contributed by atoms with Gasteiger partial charge in [-0.15, -0.1) is 0 Å². The second-order valence-corrected chi connectivity index (χ2v) is 5.23. The first-order valence-corrected chi connectivity index (χ1v) is 7.32. The summed E-state index contributed by atoms with van der Waals surface area (Å²) in [6, 6.07) is 10.2. The molecule has 1 aromatic carbocycles. The highest BCUT2D eigenvalue weighted by atomic mass is 32.1. The van der Waals surface area contributed by atoms with Gasteiger partial charge in [0.1, 0.15) is 0 Å². The van der Waals surface area contributed by atoms with E-state index in [4.69, 9.17) is 12.2 Å². The van der Waals surface area contributed by atoms with Gasteiger partial charge >= 0.3 is 0 Å². The molecule has 0 amide bonds. The van der Waals surface area contributed by atoms with Crippen molar-refractivity contribution in [2.45, 2.75) is 45.6 Å². The molecule has 19 heavy (non-hydrogen) atoms. The number of H-pyrrole nitrogens is 1. The molecule has 0 atom stereocenters. The maximum atomic E-state index is 5.46. The minimum atomic E-state index is 0.0509. The molecule has 1 heterocycles. The molecule has 0 fully saturated rings. The van der Waals surface area contributed by atoms with E-state index in [1.165, 1.54) is 0 Å². The summed E-state index contributed by atoms with van der Waals surface area (Å²) in [7, 11) is 0. The van der Waals surface area contributed by atoms with Crippen LogP contribution in [0.15, 0.2) is 30.3 Å². The fourth-order valence-corrected chi connectivity index (χ4v) is 3.07. The third kappa shape index (κ3) is 2.37. The summed E-state index contributed by atoms with van der Waals surface area (Å²) in [5.41, 5.74) is 1.16. The number of aromatic amines is 1. The molecule has 3 nitrogen and oxygen atoms in total. The van der Waals surface area contributed by atoms with E-state index in [0.717, 1.165) is 30.7 Å². The van der Waals surface area contributed by atoms with Gasteiger partial charge in [0, 0.05) is 11.1 Å². The Labute approximate surface area is 119 Å². The SMILES string of the molecule is CCC(CC)(CC)n1c(-c2ccccc2)n[nH]c1=S. The normalized spacial score (nSPS) is 11.7. The minimum Gasteiger partial charge on any atom is -0.294 e. The van der Waals surface area contributed by atoms with Gasteiger partial charge in [0.25, 0.3) is 0 Å². The summed E-state index contributed by atoms with van der Waals surface area (Å²) in [6.07, 6.45) is 3.15. The third-order valence-electron chi connectivity index (χ3n) is 4.15. The molecular weight excluding hydrogens is 254 g/mol. The number of hydrogen-bond acceptors (Lipinski definition) is 2. The van der Waals surface area contributed by atoms with Crippen LogP contribution in [-0.2, 0) is 5.54 Å². The Balaban J connectivity index is 2.65. The average molecular weight is 275 g/mol. The van der Waals surface area contributed by atoms with Crippen LogP contribution in [0.2, 0.25) is 0 Å². The summed E-state index contributed by atoms with van der Waals surface area (Å²) in [6.45, 7) is 6.66. The quantitative estimate of drug-likeness (QED) is 0.813. The van der Waals surface area contributed by atoms with Gasteiger partial charge in [-0.1, -0.05) is 51.1 Å². The second-order valence-electron chi connectivity index (χ2n) is 4.84. The van der Waals surface area contributed by atoms with Gasteiger partial charge in [-0.3, -0.25) is 9.67 Å². The zero-order chi connectivity index (χ0) is 13.9. The molecular formula is C15H21N3S. The van der Waals surface area contributed by atoms with Crippen molar-refractivity contribution >= 4 is 12.2 Å². The van der Waals surface area contributed by atoms with Crippen LogP contribution in [0, 0.1) is 4.77 Å². The molecule has 102 valence electrons. The number of nitrogens with one attached hydrogen (secondary N) is 1. The topological polar surface area (TPSA) is 33.6 Å². The van der Waals surface area contributed by atoms with Crippen LogP contribution in [0.25, 0.3) is 11.4 Å². The van der Waals surface area contributed by atoms with Crippen molar-refractivity contribution in [2.75, 3.05) is 0 Å². The molecule has 2 rings (SSSR count). The van der Waals surface area contributed by atoms with Crippen molar-refractivity contribution in [1.29, 1.82) is 0 Å². The Kier molecular flexibility index (Phi) is 4.20. The van der Waals surface area contributed by atoms with Gasteiger partial charge in [-0.05, 0) is 31.5 Å². The van der Waals surface area contributed by atoms with Crippen molar-refractivity contribution in [3.63, 3.8) is 0 Å². The van der Waals surface area contributed by atoms with Crippen LogP contribution in [0.4, 0.5) is 0 Å². The van der Waals surface area contributed by atoms with E-state index >= 15 is 0 Å². The standard InChI is InChI=1S/C15H21N3S/c1-4-15(5-2,6-3)18-13(16-17-14(18)19)12-10-8-7-9-11-12/h7-11H,4-6H2,1-3H3,(H,17,19). The number of benzene rings is 1. The summed E-state index contributed by atoms with van der Waals surface area (Å²) in [4.78, 5) is 0.